The predicted molar refractivity (Wildman–Crippen MR) is 85.6 cm³/mol. The molecule has 1 fully saturated rings. The molecular formula is C16H17N5O2. The zero-order chi connectivity index (χ0) is 16.3. The Balaban J connectivity index is 1.75. The van der Waals surface area contributed by atoms with Crippen LogP contribution in [0.15, 0.2) is 41.2 Å². The number of aliphatic imine (C=N–C) groups is 1. The Bertz CT molecular complexity index is 767. The van der Waals surface area contributed by atoms with E-state index in [4.69, 9.17) is 0 Å². The third kappa shape index (κ3) is 1.86. The fourth-order valence-electron chi connectivity index (χ4n) is 3.21. The molecule has 0 saturated carbocycles. The molecule has 1 aromatic rings. The van der Waals surface area contributed by atoms with Crippen LogP contribution in [-0.4, -0.2) is 47.0 Å². The van der Waals surface area contributed by atoms with E-state index in [1.165, 1.54) is 10.5 Å². The molecule has 2 unspecified atom stereocenters. The van der Waals surface area contributed by atoms with Gasteiger partial charge in [0.15, 0.2) is 12.2 Å². The van der Waals surface area contributed by atoms with Crippen LogP contribution in [0.4, 0.5) is 10.5 Å². The van der Waals surface area contributed by atoms with E-state index >= 15 is 0 Å². The molecule has 23 heavy (non-hydrogen) atoms. The van der Waals surface area contributed by atoms with Gasteiger partial charge in [-0.15, -0.1) is 0 Å². The number of imide groups is 1. The number of carbonyl (C=O) groups is 2. The minimum Gasteiger partial charge on any atom is -0.303 e. The molecule has 1 saturated heterocycles. The van der Waals surface area contributed by atoms with Crippen molar-refractivity contribution in [3.05, 3.63) is 41.7 Å². The van der Waals surface area contributed by atoms with Crippen LogP contribution in [0.5, 0.6) is 0 Å². The number of benzene rings is 1. The Morgan fingerprint density at radius 3 is 2.52 bits per heavy atom. The zero-order valence-electron chi connectivity index (χ0n) is 13.1. The fourth-order valence-corrected chi connectivity index (χ4v) is 3.21. The van der Waals surface area contributed by atoms with Gasteiger partial charge in [0.1, 0.15) is 0 Å². The van der Waals surface area contributed by atoms with Crippen LogP contribution in [-0.2, 0) is 4.79 Å². The van der Waals surface area contributed by atoms with Crippen molar-refractivity contribution < 1.29 is 9.59 Å². The van der Waals surface area contributed by atoms with Crippen molar-refractivity contribution in [2.75, 3.05) is 11.9 Å². The number of hydrogen-bond acceptors (Lipinski definition) is 5. The second-order valence-corrected chi connectivity index (χ2v) is 6.04. The normalized spacial score (nSPS) is 26.0. The highest BCUT2D eigenvalue weighted by Gasteiger charge is 2.51. The lowest BCUT2D eigenvalue weighted by molar-refractivity contribution is -0.126. The second-order valence-electron chi connectivity index (χ2n) is 6.04. The van der Waals surface area contributed by atoms with E-state index in [9.17, 15) is 9.59 Å². The number of carbonyl (C=O) groups excluding carboxylic acids is 2. The second kappa shape index (κ2) is 4.58. The topological polar surface area (TPSA) is 68.2 Å². The third-order valence-electron chi connectivity index (χ3n) is 4.45. The molecule has 3 heterocycles. The quantitative estimate of drug-likeness (QED) is 0.847. The summed E-state index contributed by atoms with van der Waals surface area (Å²) < 4.78 is 0. The number of likely N-dealkylation sites (N-methyl/N-ethyl adjacent to an activating group) is 1. The summed E-state index contributed by atoms with van der Waals surface area (Å²) in [6, 6.07) is 7.19. The highest BCUT2D eigenvalue weighted by Crippen LogP contribution is 2.34. The van der Waals surface area contributed by atoms with Gasteiger partial charge in [0.2, 0.25) is 5.96 Å². The van der Waals surface area contributed by atoms with E-state index in [-0.39, 0.29) is 5.91 Å². The van der Waals surface area contributed by atoms with E-state index in [1.807, 2.05) is 54.1 Å². The van der Waals surface area contributed by atoms with Crippen LogP contribution in [0.2, 0.25) is 0 Å². The van der Waals surface area contributed by atoms with Crippen molar-refractivity contribution in [3.63, 3.8) is 0 Å². The van der Waals surface area contributed by atoms with Gasteiger partial charge in [-0.05, 0) is 26.0 Å². The Morgan fingerprint density at radius 2 is 1.83 bits per heavy atom. The van der Waals surface area contributed by atoms with Gasteiger partial charge in [-0.3, -0.25) is 15.0 Å². The van der Waals surface area contributed by atoms with Crippen LogP contribution in [0, 0.1) is 6.92 Å². The van der Waals surface area contributed by atoms with Crippen molar-refractivity contribution in [1.29, 1.82) is 0 Å². The van der Waals surface area contributed by atoms with E-state index in [0.717, 1.165) is 11.4 Å². The van der Waals surface area contributed by atoms with Gasteiger partial charge in [0.25, 0.3) is 5.91 Å². The number of rotatable bonds is 1. The number of urea groups is 1. The van der Waals surface area contributed by atoms with Gasteiger partial charge in [-0.25, -0.2) is 9.79 Å². The summed E-state index contributed by atoms with van der Waals surface area (Å²) in [5, 5.41) is 2.38. The van der Waals surface area contributed by atoms with Crippen LogP contribution < -0.4 is 10.2 Å². The zero-order valence-corrected chi connectivity index (χ0v) is 13.1. The molecule has 2 atom stereocenters. The number of aryl methyl sites for hydroxylation is 1. The Hall–Kier alpha value is -2.83. The van der Waals surface area contributed by atoms with Gasteiger partial charge in [0, 0.05) is 24.6 Å². The monoisotopic (exact) mass is 311 g/mol. The molecule has 118 valence electrons. The SMILES string of the molecule is CC1=CN2C(=NC3C2C(=O)NC(=O)N3C)N1c1ccc(C)cc1. The lowest BCUT2D eigenvalue weighted by atomic mass is 10.1. The first-order chi connectivity index (χ1) is 11.0. The van der Waals surface area contributed by atoms with E-state index < -0.39 is 18.2 Å². The standard InChI is InChI=1S/C16H17N5O2/c1-9-4-6-11(7-5-9)21-10(2)8-20-12-13(17-15(20)21)19(3)16(23)18-14(12)22/h4-8,12-13H,1-3H3,(H,18,22,23). The molecule has 3 amide bonds. The molecule has 0 aromatic heterocycles. The van der Waals surface area contributed by atoms with Crippen LogP contribution in [0.25, 0.3) is 0 Å². The lowest BCUT2D eigenvalue weighted by Crippen LogP contribution is -2.62. The summed E-state index contributed by atoms with van der Waals surface area (Å²) in [6.45, 7) is 4.01. The van der Waals surface area contributed by atoms with Crippen molar-refractivity contribution in [2.45, 2.75) is 26.1 Å². The number of hydrogen-bond donors (Lipinski definition) is 1. The number of nitrogens with one attached hydrogen (secondary N) is 1. The first-order valence-corrected chi connectivity index (χ1v) is 7.46. The predicted octanol–water partition coefficient (Wildman–Crippen LogP) is 1.22. The fraction of sp³-hybridized carbons (Fsp3) is 0.312. The van der Waals surface area contributed by atoms with Gasteiger partial charge in [-0.2, -0.15) is 0 Å². The van der Waals surface area contributed by atoms with Crippen molar-refractivity contribution in [1.82, 2.24) is 15.1 Å². The number of amides is 3. The summed E-state index contributed by atoms with van der Waals surface area (Å²) in [7, 11) is 1.65. The molecule has 4 rings (SSSR count). The van der Waals surface area contributed by atoms with Crippen LogP contribution in [0.3, 0.4) is 0 Å². The van der Waals surface area contributed by atoms with Crippen LogP contribution in [0.1, 0.15) is 12.5 Å². The van der Waals surface area contributed by atoms with E-state index in [1.54, 1.807) is 7.05 Å². The first-order valence-electron chi connectivity index (χ1n) is 7.46. The largest absolute Gasteiger partial charge is 0.325 e. The molecule has 7 heteroatoms. The van der Waals surface area contributed by atoms with Gasteiger partial charge < -0.3 is 9.80 Å². The smallest absolute Gasteiger partial charge is 0.303 e. The maximum atomic E-state index is 12.2. The minimum atomic E-state index is -0.516. The molecule has 1 aromatic carbocycles. The van der Waals surface area contributed by atoms with Crippen LogP contribution >= 0.6 is 0 Å². The Labute approximate surface area is 133 Å². The average Bonchev–Trinajstić information content (AvgIpc) is 3.01. The molecule has 3 aliphatic heterocycles. The number of allylic oxidation sites excluding steroid dienone is 1. The number of guanidine groups is 1. The molecule has 0 aliphatic carbocycles. The first kappa shape index (κ1) is 13.8. The summed E-state index contributed by atoms with van der Waals surface area (Å²) in [4.78, 5) is 34.0. The molecule has 3 aliphatic rings. The molecule has 7 nitrogen and oxygen atoms in total. The third-order valence-corrected chi connectivity index (χ3v) is 4.45. The Kier molecular flexibility index (Phi) is 2.75. The maximum Gasteiger partial charge on any atom is 0.325 e. The summed E-state index contributed by atoms with van der Waals surface area (Å²) in [5.74, 6) is 0.365. The molecule has 1 N–H and O–H groups in total. The molecule has 0 spiro atoms. The summed E-state index contributed by atoms with van der Waals surface area (Å²) >= 11 is 0. The van der Waals surface area contributed by atoms with Gasteiger partial charge in [-0.1, -0.05) is 17.7 Å². The maximum absolute atomic E-state index is 12.2. The van der Waals surface area contributed by atoms with Gasteiger partial charge in [0.05, 0.1) is 0 Å². The lowest BCUT2D eigenvalue weighted by Gasteiger charge is -2.34. The average molecular weight is 311 g/mol. The molecule has 0 bridgehead atoms. The van der Waals surface area contributed by atoms with Crippen molar-refractivity contribution >= 4 is 23.6 Å². The van der Waals surface area contributed by atoms with Gasteiger partial charge >= 0.3 is 6.03 Å². The van der Waals surface area contributed by atoms with E-state index in [2.05, 4.69) is 10.3 Å². The number of anilines is 1. The molecule has 0 radical (unpaired) electrons. The van der Waals surface area contributed by atoms with E-state index in [0.29, 0.717) is 5.96 Å². The number of nitrogens with zero attached hydrogens (tertiary/aromatic N) is 4. The Morgan fingerprint density at radius 1 is 1.13 bits per heavy atom. The summed E-state index contributed by atoms with van der Waals surface area (Å²) in [6.07, 6.45) is 1.41. The van der Waals surface area contributed by atoms with Crippen molar-refractivity contribution in [2.24, 2.45) is 4.99 Å². The minimum absolute atomic E-state index is 0.313. The highest BCUT2D eigenvalue weighted by atomic mass is 16.2. The number of fused-ring (bicyclic) bond motifs is 3. The van der Waals surface area contributed by atoms with Crippen molar-refractivity contribution in [3.8, 4) is 0 Å². The molecular weight excluding hydrogens is 294 g/mol. The summed E-state index contributed by atoms with van der Waals surface area (Å²) in [5.41, 5.74) is 3.15. The highest BCUT2D eigenvalue weighted by molar-refractivity contribution is 6.09.